The number of rotatable bonds is 2. The van der Waals surface area contributed by atoms with E-state index in [0.717, 1.165) is 37.2 Å². The van der Waals surface area contributed by atoms with Gasteiger partial charge in [-0.25, -0.2) is 4.79 Å². The van der Waals surface area contributed by atoms with Crippen molar-refractivity contribution in [1.29, 1.82) is 0 Å². The van der Waals surface area contributed by atoms with Crippen LogP contribution in [0.25, 0.3) is 0 Å². The number of carbonyl (C=O) groups excluding carboxylic acids is 2. The SMILES string of the molecule is CC1CCC(NC(=O)N2C(=O)SC(c3ccc(Cl)cc3)C2C)CC1. The molecule has 1 aliphatic carbocycles. The van der Waals surface area contributed by atoms with Gasteiger partial charge in [-0.15, -0.1) is 0 Å². The predicted octanol–water partition coefficient (Wildman–Crippen LogP) is 5.23. The van der Waals surface area contributed by atoms with Crippen molar-refractivity contribution in [2.45, 2.75) is 56.9 Å². The summed E-state index contributed by atoms with van der Waals surface area (Å²) in [6, 6.07) is 7.25. The first-order valence-electron chi connectivity index (χ1n) is 8.51. The maximum atomic E-state index is 12.6. The van der Waals surface area contributed by atoms with Gasteiger partial charge in [0.1, 0.15) is 0 Å². The van der Waals surface area contributed by atoms with E-state index in [1.807, 2.05) is 31.2 Å². The Morgan fingerprint density at radius 3 is 2.42 bits per heavy atom. The van der Waals surface area contributed by atoms with Crippen molar-refractivity contribution in [2.75, 3.05) is 0 Å². The van der Waals surface area contributed by atoms with Crippen LogP contribution in [0.3, 0.4) is 0 Å². The second-order valence-corrected chi connectivity index (χ2v) is 8.40. The molecule has 2 aliphatic rings. The fourth-order valence-corrected chi connectivity index (χ4v) is 4.80. The number of benzene rings is 1. The second kappa shape index (κ2) is 7.36. The zero-order valence-electron chi connectivity index (χ0n) is 14.0. The normalized spacial score (nSPS) is 30.5. The van der Waals surface area contributed by atoms with Gasteiger partial charge >= 0.3 is 6.03 Å². The van der Waals surface area contributed by atoms with E-state index in [2.05, 4.69) is 12.2 Å². The van der Waals surface area contributed by atoms with Crippen LogP contribution in [0.5, 0.6) is 0 Å². The van der Waals surface area contributed by atoms with Crippen LogP contribution in [-0.2, 0) is 0 Å². The van der Waals surface area contributed by atoms with E-state index in [1.165, 1.54) is 16.7 Å². The smallest absolute Gasteiger partial charge is 0.325 e. The zero-order valence-corrected chi connectivity index (χ0v) is 15.6. The largest absolute Gasteiger partial charge is 0.335 e. The van der Waals surface area contributed by atoms with Crippen molar-refractivity contribution in [3.05, 3.63) is 34.9 Å². The van der Waals surface area contributed by atoms with Crippen LogP contribution in [0, 0.1) is 5.92 Å². The van der Waals surface area contributed by atoms with Crippen LogP contribution < -0.4 is 5.32 Å². The molecule has 1 aromatic carbocycles. The van der Waals surface area contributed by atoms with Gasteiger partial charge in [-0.05, 0) is 56.2 Å². The Hall–Kier alpha value is -1.20. The molecule has 4 nitrogen and oxygen atoms in total. The molecule has 130 valence electrons. The second-order valence-electron chi connectivity index (χ2n) is 6.87. The summed E-state index contributed by atoms with van der Waals surface area (Å²) in [5.74, 6) is 0.732. The maximum Gasteiger partial charge on any atom is 0.325 e. The minimum absolute atomic E-state index is 0.0492. The van der Waals surface area contributed by atoms with Crippen molar-refractivity contribution in [1.82, 2.24) is 10.2 Å². The van der Waals surface area contributed by atoms with Gasteiger partial charge in [0.05, 0.1) is 11.3 Å². The monoisotopic (exact) mass is 366 g/mol. The number of carbonyl (C=O) groups is 2. The molecular formula is C18H23ClN2O2S. The van der Waals surface area contributed by atoms with Crippen molar-refractivity contribution < 1.29 is 9.59 Å². The van der Waals surface area contributed by atoms with E-state index in [9.17, 15) is 9.59 Å². The van der Waals surface area contributed by atoms with Crippen molar-refractivity contribution in [3.63, 3.8) is 0 Å². The highest BCUT2D eigenvalue weighted by atomic mass is 35.5. The molecule has 24 heavy (non-hydrogen) atoms. The van der Waals surface area contributed by atoms with E-state index in [4.69, 9.17) is 11.6 Å². The van der Waals surface area contributed by atoms with E-state index in [-0.39, 0.29) is 28.6 Å². The van der Waals surface area contributed by atoms with Crippen molar-refractivity contribution in [3.8, 4) is 0 Å². The first-order valence-corrected chi connectivity index (χ1v) is 9.77. The first-order chi connectivity index (χ1) is 11.5. The number of hydrogen-bond acceptors (Lipinski definition) is 3. The van der Waals surface area contributed by atoms with Crippen LogP contribution in [0.4, 0.5) is 9.59 Å². The Morgan fingerprint density at radius 2 is 1.79 bits per heavy atom. The number of nitrogens with zero attached hydrogens (tertiary/aromatic N) is 1. The summed E-state index contributed by atoms with van der Waals surface area (Å²) < 4.78 is 0. The summed E-state index contributed by atoms with van der Waals surface area (Å²) in [5.41, 5.74) is 1.02. The molecule has 0 aromatic heterocycles. The lowest BCUT2D eigenvalue weighted by Crippen LogP contribution is -2.48. The number of imide groups is 1. The van der Waals surface area contributed by atoms with Gasteiger partial charge in [-0.2, -0.15) is 0 Å². The molecule has 0 radical (unpaired) electrons. The third kappa shape index (κ3) is 3.72. The van der Waals surface area contributed by atoms with Gasteiger partial charge in [-0.1, -0.05) is 42.4 Å². The Labute approximate surface area is 152 Å². The average Bonchev–Trinajstić information content (AvgIpc) is 2.85. The molecule has 1 heterocycles. The molecule has 2 atom stereocenters. The lowest BCUT2D eigenvalue weighted by molar-refractivity contribution is 0.182. The quantitative estimate of drug-likeness (QED) is 0.779. The van der Waals surface area contributed by atoms with Gasteiger partial charge < -0.3 is 5.32 Å². The van der Waals surface area contributed by atoms with Crippen LogP contribution in [-0.4, -0.2) is 28.3 Å². The number of hydrogen-bond donors (Lipinski definition) is 1. The lowest BCUT2D eigenvalue weighted by Gasteiger charge is -2.29. The summed E-state index contributed by atoms with van der Waals surface area (Å²) in [6.45, 7) is 4.18. The van der Waals surface area contributed by atoms with E-state index >= 15 is 0 Å². The number of halogens is 1. The molecule has 3 amide bonds. The summed E-state index contributed by atoms with van der Waals surface area (Å²) in [7, 11) is 0. The molecule has 0 spiro atoms. The van der Waals surface area contributed by atoms with E-state index in [0.29, 0.717) is 5.02 Å². The molecule has 1 N–H and O–H groups in total. The Balaban J connectivity index is 1.66. The molecule has 2 unspecified atom stereocenters. The molecule has 6 heteroatoms. The highest BCUT2D eigenvalue weighted by Gasteiger charge is 2.42. The Bertz CT molecular complexity index is 614. The lowest BCUT2D eigenvalue weighted by atomic mass is 9.87. The number of thioether (sulfide) groups is 1. The van der Waals surface area contributed by atoms with Crippen molar-refractivity contribution >= 4 is 34.6 Å². The minimum atomic E-state index is -0.254. The van der Waals surface area contributed by atoms with Gasteiger partial charge in [0.25, 0.3) is 5.24 Å². The summed E-state index contributed by atoms with van der Waals surface area (Å²) in [6.07, 6.45) is 4.27. The van der Waals surface area contributed by atoms with Gasteiger partial charge in [-0.3, -0.25) is 9.69 Å². The molecule has 0 bridgehead atoms. The number of urea groups is 1. The van der Waals surface area contributed by atoms with Gasteiger partial charge in [0.15, 0.2) is 0 Å². The van der Waals surface area contributed by atoms with Gasteiger partial charge in [0.2, 0.25) is 0 Å². The first kappa shape index (κ1) is 17.6. The van der Waals surface area contributed by atoms with E-state index in [1.54, 1.807) is 0 Å². The molecule has 1 saturated heterocycles. The summed E-state index contributed by atoms with van der Waals surface area (Å²) in [4.78, 5) is 26.4. The van der Waals surface area contributed by atoms with Crippen LogP contribution in [0.15, 0.2) is 24.3 Å². The summed E-state index contributed by atoms with van der Waals surface area (Å²) in [5, 5.41) is 3.50. The van der Waals surface area contributed by atoms with Crippen molar-refractivity contribution in [2.24, 2.45) is 5.92 Å². The molecule has 2 fully saturated rings. The standard InChI is InChI=1S/C18H23ClN2O2S/c1-11-3-9-15(10-4-11)20-17(22)21-12(2)16(24-18(21)23)13-5-7-14(19)8-6-13/h5-8,11-12,15-16H,3-4,9-10H2,1-2H3,(H,20,22). The molecule has 1 aliphatic heterocycles. The fourth-order valence-electron chi connectivity index (χ4n) is 3.48. The summed E-state index contributed by atoms with van der Waals surface area (Å²) >= 11 is 7.15. The maximum absolute atomic E-state index is 12.6. The topological polar surface area (TPSA) is 49.4 Å². The van der Waals surface area contributed by atoms with Gasteiger partial charge in [0, 0.05) is 11.1 Å². The number of amides is 3. The zero-order chi connectivity index (χ0) is 17.3. The number of nitrogens with one attached hydrogen (secondary N) is 1. The Morgan fingerprint density at radius 1 is 1.17 bits per heavy atom. The van der Waals surface area contributed by atoms with E-state index < -0.39 is 0 Å². The highest BCUT2D eigenvalue weighted by Crippen LogP contribution is 2.43. The molecule has 3 rings (SSSR count). The predicted molar refractivity (Wildman–Crippen MR) is 98.4 cm³/mol. The average molecular weight is 367 g/mol. The third-order valence-corrected chi connectivity index (χ3v) is 6.60. The Kier molecular flexibility index (Phi) is 5.40. The fraction of sp³-hybridized carbons (Fsp3) is 0.556. The third-order valence-electron chi connectivity index (χ3n) is 5.03. The molecule has 1 saturated carbocycles. The molecular weight excluding hydrogens is 344 g/mol. The highest BCUT2D eigenvalue weighted by molar-refractivity contribution is 8.14. The minimum Gasteiger partial charge on any atom is -0.335 e. The van der Waals surface area contributed by atoms with Crippen LogP contribution in [0.2, 0.25) is 5.02 Å². The van der Waals surface area contributed by atoms with Crippen LogP contribution in [0.1, 0.15) is 50.3 Å². The molecule has 1 aromatic rings. The van der Waals surface area contributed by atoms with Crippen LogP contribution >= 0.6 is 23.4 Å².